The lowest BCUT2D eigenvalue weighted by Crippen LogP contribution is -2.47. The molecule has 1 saturated heterocycles. The molecular weight excluding hydrogens is 340 g/mol. The van der Waals surface area contributed by atoms with E-state index in [2.05, 4.69) is 50.2 Å². The molecule has 1 aromatic carbocycles. The molecule has 0 amide bonds. The van der Waals surface area contributed by atoms with Crippen molar-refractivity contribution in [3.05, 3.63) is 65.6 Å². The normalized spacial score (nSPS) is 15.7. The Labute approximate surface area is 157 Å². The lowest BCUT2D eigenvalue weighted by atomic mass is 10.1. The van der Waals surface area contributed by atoms with Gasteiger partial charge in [0.05, 0.1) is 6.54 Å². The molecule has 3 heterocycles. The van der Waals surface area contributed by atoms with Crippen LogP contribution < -0.4 is 0 Å². The Bertz CT molecular complexity index is 983. The molecule has 0 N–H and O–H groups in total. The fourth-order valence-corrected chi connectivity index (χ4v) is 3.41. The van der Waals surface area contributed by atoms with Crippen molar-refractivity contribution in [3.8, 4) is 6.07 Å². The number of piperazine rings is 1. The molecule has 3 aromatic rings. The molecule has 4 rings (SSSR count). The fourth-order valence-electron chi connectivity index (χ4n) is 3.41. The minimum absolute atomic E-state index is 0.131. The van der Waals surface area contributed by atoms with E-state index in [0.717, 1.165) is 32.7 Å². The summed E-state index contributed by atoms with van der Waals surface area (Å²) in [7, 11) is 0. The molecule has 0 bridgehead atoms. The maximum Gasteiger partial charge on any atom is 0.198 e. The van der Waals surface area contributed by atoms with Crippen LogP contribution in [0.5, 0.6) is 0 Å². The minimum atomic E-state index is -0.131. The highest BCUT2D eigenvalue weighted by Gasteiger charge is 2.24. The number of carbonyl (C=O) groups is 1. The number of hydrogen-bond donors (Lipinski definition) is 0. The Morgan fingerprint density at radius 3 is 2.56 bits per heavy atom. The molecule has 7 heteroatoms. The number of Topliss-reactive ketones (excluding diaryl/α,β-unsaturated/α-hetero) is 1. The number of fused-ring (bicyclic) bond motifs is 1. The first-order valence-electron chi connectivity index (χ1n) is 9.00. The Morgan fingerprint density at radius 1 is 1.07 bits per heavy atom. The molecule has 1 aliphatic rings. The van der Waals surface area contributed by atoms with E-state index in [1.54, 1.807) is 18.5 Å². The zero-order valence-electron chi connectivity index (χ0n) is 15.0. The quantitative estimate of drug-likeness (QED) is 0.643. The van der Waals surface area contributed by atoms with E-state index >= 15 is 0 Å². The van der Waals surface area contributed by atoms with Gasteiger partial charge in [-0.2, -0.15) is 10.4 Å². The number of nitrogens with zero attached hydrogens (tertiary/aromatic N) is 6. The SMILES string of the molecule is N#Cc1c(C(=O)CN2CCN(Cc3ccccc3)CC2)nn2cccnc12. The average Bonchev–Trinajstić information content (AvgIpc) is 3.09. The van der Waals surface area contributed by atoms with Crippen LogP contribution in [0.25, 0.3) is 5.65 Å². The predicted octanol–water partition coefficient (Wildman–Crippen LogP) is 1.60. The molecule has 1 fully saturated rings. The number of nitriles is 1. The van der Waals surface area contributed by atoms with E-state index in [9.17, 15) is 10.1 Å². The van der Waals surface area contributed by atoms with Crippen LogP contribution >= 0.6 is 0 Å². The van der Waals surface area contributed by atoms with E-state index in [4.69, 9.17) is 0 Å². The third kappa shape index (κ3) is 3.72. The van der Waals surface area contributed by atoms with Crippen molar-refractivity contribution in [1.29, 1.82) is 5.26 Å². The third-order valence-electron chi connectivity index (χ3n) is 4.85. The maximum absolute atomic E-state index is 12.7. The van der Waals surface area contributed by atoms with Gasteiger partial charge in [0.15, 0.2) is 11.4 Å². The van der Waals surface area contributed by atoms with Gasteiger partial charge in [0.25, 0.3) is 0 Å². The second-order valence-electron chi connectivity index (χ2n) is 6.68. The summed E-state index contributed by atoms with van der Waals surface area (Å²) in [4.78, 5) is 21.4. The molecule has 27 heavy (non-hydrogen) atoms. The highest BCUT2D eigenvalue weighted by Crippen LogP contribution is 2.14. The van der Waals surface area contributed by atoms with Gasteiger partial charge in [-0.05, 0) is 11.6 Å². The van der Waals surface area contributed by atoms with Crippen molar-refractivity contribution < 1.29 is 4.79 Å². The number of rotatable bonds is 5. The zero-order valence-corrected chi connectivity index (χ0v) is 15.0. The number of aromatic nitrogens is 3. The van der Waals surface area contributed by atoms with Crippen molar-refractivity contribution >= 4 is 11.4 Å². The van der Waals surface area contributed by atoms with Crippen LogP contribution in [0.1, 0.15) is 21.6 Å². The van der Waals surface area contributed by atoms with Crippen LogP contribution in [-0.2, 0) is 6.54 Å². The molecule has 7 nitrogen and oxygen atoms in total. The van der Waals surface area contributed by atoms with Crippen LogP contribution in [0, 0.1) is 11.3 Å². The van der Waals surface area contributed by atoms with E-state index < -0.39 is 0 Å². The highest BCUT2D eigenvalue weighted by atomic mass is 16.1. The summed E-state index contributed by atoms with van der Waals surface area (Å²) in [5.41, 5.74) is 2.19. The Hall–Kier alpha value is -3.08. The summed E-state index contributed by atoms with van der Waals surface area (Å²) in [6, 6.07) is 14.2. The lowest BCUT2D eigenvalue weighted by Gasteiger charge is -2.34. The number of ketones is 1. The first-order valence-corrected chi connectivity index (χ1v) is 9.00. The smallest absolute Gasteiger partial charge is 0.198 e. The van der Waals surface area contributed by atoms with Crippen LogP contribution in [0.15, 0.2) is 48.8 Å². The molecule has 136 valence electrons. The molecule has 0 atom stereocenters. The van der Waals surface area contributed by atoms with Gasteiger partial charge in [-0.15, -0.1) is 0 Å². The summed E-state index contributed by atoms with van der Waals surface area (Å²) in [6.07, 6.45) is 3.29. The largest absolute Gasteiger partial charge is 0.297 e. The number of carbonyl (C=O) groups excluding carboxylic acids is 1. The van der Waals surface area contributed by atoms with Crippen LogP contribution in [0.4, 0.5) is 0 Å². The number of hydrogen-bond acceptors (Lipinski definition) is 6. The Kier molecular flexibility index (Phi) is 4.92. The second-order valence-corrected chi connectivity index (χ2v) is 6.68. The van der Waals surface area contributed by atoms with E-state index in [1.807, 2.05) is 6.07 Å². The highest BCUT2D eigenvalue weighted by molar-refractivity contribution is 5.99. The minimum Gasteiger partial charge on any atom is -0.297 e. The summed E-state index contributed by atoms with van der Waals surface area (Å²) >= 11 is 0. The van der Waals surface area contributed by atoms with Gasteiger partial charge >= 0.3 is 0 Å². The van der Waals surface area contributed by atoms with E-state index in [0.29, 0.717) is 5.65 Å². The first kappa shape index (κ1) is 17.3. The molecular formula is C20H20N6O. The van der Waals surface area contributed by atoms with Crippen LogP contribution in [0.2, 0.25) is 0 Å². The van der Waals surface area contributed by atoms with Gasteiger partial charge in [-0.25, -0.2) is 9.50 Å². The number of benzene rings is 1. The molecule has 0 unspecified atom stereocenters. The molecule has 0 saturated carbocycles. The zero-order chi connectivity index (χ0) is 18.6. The van der Waals surface area contributed by atoms with Crippen molar-refractivity contribution in [2.45, 2.75) is 6.54 Å². The van der Waals surface area contributed by atoms with E-state index in [1.165, 1.54) is 10.1 Å². The topological polar surface area (TPSA) is 77.5 Å². The summed E-state index contributed by atoms with van der Waals surface area (Å²) in [5.74, 6) is -0.131. The van der Waals surface area contributed by atoms with Gasteiger partial charge < -0.3 is 0 Å². The molecule has 2 aromatic heterocycles. The lowest BCUT2D eigenvalue weighted by molar-refractivity contribution is 0.0839. The summed E-state index contributed by atoms with van der Waals surface area (Å²) in [5, 5.41) is 13.7. The first-order chi connectivity index (χ1) is 13.2. The Morgan fingerprint density at radius 2 is 1.81 bits per heavy atom. The molecule has 1 aliphatic heterocycles. The maximum atomic E-state index is 12.7. The average molecular weight is 360 g/mol. The standard InChI is InChI=1S/C20H20N6O/c21-13-17-19(23-26-8-4-7-22-20(17)26)18(27)15-25-11-9-24(10-12-25)14-16-5-2-1-3-6-16/h1-8H,9-12,14-15H2. The van der Waals surface area contributed by atoms with Crippen molar-refractivity contribution in [2.75, 3.05) is 32.7 Å². The van der Waals surface area contributed by atoms with Crippen LogP contribution in [0.3, 0.4) is 0 Å². The van der Waals surface area contributed by atoms with Gasteiger partial charge in [-0.3, -0.25) is 14.6 Å². The van der Waals surface area contributed by atoms with Crippen molar-refractivity contribution in [1.82, 2.24) is 24.4 Å². The van der Waals surface area contributed by atoms with Crippen LogP contribution in [-0.4, -0.2) is 62.9 Å². The van der Waals surface area contributed by atoms with E-state index in [-0.39, 0.29) is 23.6 Å². The van der Waals surface area contributed by atoms with Gasteiger partial charge in [0.1, 0.15) is 17.3 Å². The molecule has 0 aliphatic carbocycles. The van der Waals surface area contributed by atoms with Crippen molar-refractivity contribution in [2.24, 2.45) is 0 Å². The predicted molar refractivity (Wildman–Crippen MR) is 100 cm³/mol. The Balaban J connectivity index is 1.38. The fraction of sp³-hybridized carbons (Fsp3) is 0.300. The summed E-state index contributed by atoms with van der Waals surface area (Å²) in [6.45, 7) is 4.69. The monoisotopic (exact) mass is 360 g/mol. The van der Waals surface area contributed by atoms with Gasteiger partial charge in [-0.1, -0.05) is 30.3 Å². The third-order valence-corrected chi connectivity index (χ3v) is 4.85. The van der Waals surface area contributed by atoms with Gasteiger partial charge in [0, 0.05) is 45.1 Å². The van der Waals surface area contributed by atoms with Crippen molar-refractivity contribution in [3.63, 3.8) is 0 Å². The molecule has 0 spiro atoms. The second kappa shape index (κ2) is 7.66. The van der Waals surface area contributed by atoms with Gasteiger partial charge in [0.2, 0.25) is 0 Å². The summed E-state index contributed by atoms with van der Waals surface area (Å²) < 4.78 is 1.49. The molecule has 0 radical (unpaired) electrons.